The molecule has 0 fully saturated rings. The number of aryl methyl sites for hydroxylation is 2. The molecule has 31 heavy (non-hydrogen) atoms. The Morgan fingerprint density at radius 3 is 2.26 bits per heavy atom. The maximum atomic E-state index is 12.6. The van der Waals surface area contributed by atoms with Crippen LogP contribution in [0.5, 0.6) is 0 Å². The van der Waals surface area contributed by atoms with Crippen LogP contribution in [0.15, 0.2) is 72.8 Å². The van der Waals surface area contributed by atoms with Crippen molar-refractivity contribution < 1.29 is 13.2 Å². The van der Waals surface area contributed by atoms with E-state index in [4.69, 9.17) is 0 Å². The lowest BCUT2D eigenvalue weighted by Crippen LogP contribution is -2.31. The van der Waals surface area contributed by atoms with Gasteiger partial charge in [0.05, 0.1) is 11.9 Å². The monoisotopic (exact) mass is 436 g/mol. The lowest BCUT2D eigenvalue weighted by molar-refractivity contribution is -0.116. The van der Waals surface area contributed by atoms with E-state index in [0.29, 0.717) is 12.1 Å². The Kier molecular flexibility index (Phi) is 7.13. The number of nitrogens with one attached hydrogen (secondary N) is 1. The van der Waals surface area contributed by atoms with Crippen LogP contribution in [0.4, 0.5) is 11.4 Å². The zero-order valence-electron chi connectivity index (χ0n) is 18.1. The third-order valence-electron chi connectivity index (χ3n) is 5.23. The number of carbonyl (C=O) groups excluding carboxylic acids is 1. The molecule has 0 saturated heterocycles. The van der Waals surface area contributed by atoms with Gasteiger partial charge in [-0.15, -0.1) is 0 Å². The number of nitrogens with zero attached hydrogens (tertiary/aromatic N) is 1. The summed E-state index contributed by atoms with van der Waals surface area (Å²) in [5, 5.41) is 2.97. The summed E-state index contributed by atoms with van der Waals surface area (Å²) in [6, 6.07) is 23.1. The van der Waals surface area contributed by atoms with E-state index in [0.717, 1.165) is 27.9 Å². The molecule has 1 N–H and O–H groups in total. The summed E-state index contributed by atoms with van der Waals surface area (Å²) in [5.41, 5.74) is 5.48. The van der Waals surface area contributed by atoms with Gasteiger partial charge in [0.25, 0.3) is 0 Å². The van der Waals surface area contributed by atoms with Crippen molar-refractivity contribution in [3.63, 3.8) is 0 Å². The average Bonchev–Trinajstić information content (AvgIpc) is 2.73. The Hall–Kier alpha value is -3.12. The Balaban J connectivity index is 1.66. The largest absolute Gasteiger partial charge is 0.326 e. The van der Waals surface area contributed by atoms with Crippen LogP contribution < -0.4 is 9.62 Å². The van der Waals surface area contributed by atoms with Crippen LogP contribution in [0.2, 0.25) is 0 Å². The maximum absolute atomic E-state index is 12.6. The second-order valence-corrected chi connectivity index (χ2v) is 9.57. The molecule has 0 aliphatic heterocycles. The average molecular weight is 437 g/mol. The molecule has 0 saturated carbocycles. The molecule has 0 aliphatic rings. The summed E-state index contributed by atoms with van der Waals surface area (Å²) in [6.07, 6.45) is 1.83. The van der Waals surface area contributed by atoms with Gasteiger partial charge in [-0.25, -0.2) is 8.42 Å². The van der Waals surface area contributed by atoms with Gasteiger partial charge in [0.15, 0.2) is 0 Å². The van der Waals surface area contributed by atoms with Crippen molar-refractivity contribution in [2.45, 2.75) is 26.7 Å². The predicted molar refractivity (Wildman–Crippen MR) is 128 cm³/mol. The highest BCUT2D eigenvalue weighted by Gasteiger charge is 2.18. The van der Waals surface area contributed by atoms with E-state index in [1.165, 1.54) is 10.6 Å². The molecule has 0 spiro atoms. The summed E-state index contributed by atoms with van der Waals surface area (Å²) in [6.45, 7) is 4.19. The molecule has 3 rings (SSSR count). The summed E-state index contributed by atoms with van der Waals surface area (Å²) in [7, 11) is -3.45. The van der Waals surface area contributed by atoms with Crippen molar-refractivity contribution in [1.82, 2.24) is 0 Å². The first kappa shape index (κ1) is 22.6. The van der Waals surface area contributed by atoms with Crippen LogP contribution in [0.25, 0.3) is 11.1 Å². The summed E-state index contributed by atoms with van der Waals surface area (Å²) in [5.74, 6) is -0.142. The lowest BCUT2D eigenvalue weighted by Gasteiger charge is -2.23. The molecule has 0 heterocycles. The Morgan fingerprint density at radius 2 is 1.58 bits per heavy atom. The number of hydrogen-bond donors (Lipinski definition) is 1. The highest BCUT2D eigenvalue weighted by Crippen LogP contribution is 2.28. The van der Waals surface area contributed by atoms with E-state index in [9.17, 15) is 13.2 Å². The van der Waals surface area contributed by atoms with E-state index in [2.05, 4.69) is 5.32 Å². The lowest BCUT2D eigenvalue weighted by atomic mass is 10.0. The van der Waals surface area contributed by atoms with Crippen LogP contribution in [0.1, 0.15) is 24.0 Å². The molecule has 0 bridgehead atoms. The minimum absolute atomic E-state index is 0.142. The first-order chi connectivity index (χ1) is 14.8. The van der Waals surface area contributed by atoms with Gasteiger partial charge in [0.2, 0.25) is 15.9 Å². The van der Waals surface area contributed by atoms with Crippen molar-refractivity contribution in [2.75, 3.05) is 22.4 Å². The maximum Gasteiger partial charge on any atom is 0.232 e. The van der Waals surface area contributed by atoms with Crippen molar-refractivity contribution in [3.8, 4) is 11.1 Å². The molecule has 1 amide bonds. The molecule has 0 atom stereocenters. The van der Waals surface area contributed by atoms with E-state index in [1.54, 1.807) is 6.07 Å². The fourth-order valence-electron chi connectivity index (χ4n) is 3.42. The van der Waals surface area contributed by atoms with Crippen molar-refractivity contribution in [3.05, 3.63) is 83.9 Å². The number of rotatable bonds is 8. The highest BCUT2D eigenvalue weighted by atomic mass is 32.2. The van der Waals surface area contributed by atoms with Gasteiger partial charge in [0, 0.05) is 24.2 Å². The van der Waals surface area contributed by atoms with Gasteiger partial charge in [-0.1, -0.05) is 54.6 Å². The van der Waals surface area contributed by atoms with E-state index in [-0.39, 0.29) is 18.9 Å². The smallest absolute Gasteiger partial charge is 0.232 e. The zero-order valence-corrected chi connectivity index (χ0v) is 18.9. The number of carbonyl (C=O) groups is 1. The number of hydrogen-bond acceptors (Lipinski definition) is 3. The Bertz CT molecular complexity index is 1160. The van der Waals surface area contributed by atoms with Crippen molar-refractivity contribution >= 4 is 27.3 Å². The Labute approximate surface area is 184 Å². The predicted octanol–water partition coefficient (Wildman–Crippen LogP) is 5.16. The van der Waals surface area contributed by atoms with Crippen molar-refractivity contribution in [1.29, 1.82) is 0 Å². The molecule has 5 nitrogen and oxygen atoms in total. The first-order valence-electron chi connectivity index (χ1n) is 10.2. The molecule has 3 aromatic rings. The Morgan fingerprint density at radius 1 is 0.903 bits per heavy atom. The SMILES string of the molecule is Cc1ccc(N(CCCC(=O)Nc2ccccc2-c2ccccc2)S(C)(=O)=O)cc1C. The number of benzene rings is 3. The summed E-state index contributed by atoms with van der Waals surface area (Å²) in [4.78, 5) is 12.6. The van der Waals surface area contributed by atoms with Gasteiger partial charge < -0.3 is 5.32 Å². The minimum Gasteiger partial charge on any atom is -0.326 e. The standard InChI is InChI=1S/C25H28N2O3S/c1-19-15-16-22(18-20(19)2)27(31(3,29)30)17-9-14-25(28)26-24-13-8-7-12-23(24)21-10-5-4-6-11-21/h4-8,10-13,15-16,18H,9,14,17H2,1-3H3,(H,26,28). The van der Waals surface area contributed by atoms with E-state index in [1.807, 2.05) is 80.6 Å². The van der Waals surface area contributed by atoms with Gasteiger partial charge >= 0.3 is 0 Å². The first-order valence-corrected chi connectivity index (χ1v) is 12.1. The van der Waals surface area contributed by atoms with Crippen LogP contribution in [0.3, 0.4) is 0 Å². The molecule has 0 aliphatic carbocycles. The number of para-hydroxylation sites is 1. The van der Waals surface area contributed by atoms with Gasteiger partial charge in [-0.2, -0.15) is 0 Å². The quantitative estimate of drug-likeness (QED) is 0.531. The fraction of sp³-hybridized carbons (Fsp3) is 0.240. The topological polar surface area (TPSA) is 66.5 Å². The number of amides is 1. The second-order valence-electron chi connectivity index (χ2n) is 7.67. The molecular weight excluding hydrogens is 408 g/mol. The molecular formula is C25H28N2O3S. The molecule has 0 radical (unpaired) electrons. The van der Waals surface area contributed by atoms with Crippen LogP contribution in [-0.4, -0.2) is 27.1 Å². The van der Waals surface area contributed by atoms with Gasteiger partial charge in [0.1, 0.15) is 0 Å². The fourth-order valence-corrected chi connectivity index (χ4v) is 4.38. The van der Waals surface area contributed by atoms with Crippen LogP contribution >= 0.6 is 0 Å². The summed E-state index contributed by atoms with van der Waals surface area (Å²) < 4.78 is 26.0. The zero-order chi connectivity index (χ0) is 22.4. The van der Waals surface area contributed by atoms with E-state index >= 15 is 0 Å². The summed E-state index contributed by atoms with van der Waals surface area (Å²) >= 11 is 0. The third kappa shape index (κ3) is 5.95. The number of sulfonamides is 1. The molecule has 0 aromatic heterocycles. The normalized spacial score (nSPS) is 11.2. The molecule has 6 heteroatoms. The van der Waals surface area contributed by atoms with Gasteiger partial charge in [-0.3, -0.25) is 9.10 Å². The highest BCUT2D eigenvalue weighted by molar-refractivity contribution is 7.92. The molecule has 162 valence electrons. The second kappa shape index (κ2) is 9.79. The molecule has 0 unspecified atom stereocenters. The van der Waals surface area contributed by atoms with Crippen LogP contribution in [0, 0.1) is 13.8 Å². The van der Waals surface area contributed by atoms with Gasteiger partial charge in [-0.05, 0) is 55.2 Å². The van der Waals surface area contributed by atoms with E-state index < -0.39 is 10.0 Å². The minimum atomic E-state index is -3.45. The molecule has 3 aromatic carbocycles. The number of anilines is 2. The van der Waals surface area contributed by atoms with Crippen molar-refractivity contribution in [2.24, 2.45) is 0 Å². The van der Waals surface area contributed by atoms with Crippen LogP contribution in [-0.2, 0) is 14.8 Å². The third-order valence-corrected chi connectivity index (χ3v) is 6.42.